The van der Waals surface area contributed by atoms with E-state index in [1.54, 1.807) is 51.1 Å². The van der Waals surface area contributed by atoms with E-state index in [1.807, 2.05) is 5.32 Å². The van der Waals surface area contributed by atoms with Gasteiger partial charge < -0.3 is 14.9 Å². The Balaban J connectivity index is 3.15. The van der Waals surface area contributed by atoms with Crippen LogP contribution in [0, 0.1) is 0 Å². The molecule has 20 heavy (non-hydrogen) atoms. The van der Waals surface area contributed by atoms with Crippen molar-refractivity contribution in [1.82, 2.24) is 5.32 Å². The van der Waals surface area contributed by atoms with Gasteiger partial charge in [0.15, 0.2) is 0 Å². The molecule has 1 amide bonds. The third-order valence-corrected chi connectivity index (χ3v) is 2.43. The van der Waals surface area contributed by atoms with Crippen molar-refractivity contribution in [2.24, 2.45) is 0 Å². The lowest BCUT2D eigenvalue weighted by molar-refractivity contribution is -0.190. The number of aliphatic carboxylic acids is 1. The summed E-state index contributed by atoms with van der Waals surface area (Å²) in [5, 5.41) is 20.4. The third kappa shape index (κ3) is 4.55. The average molecular weight is 281 g/mol. The maximum absolute atomic E-state index is 11.6. The molecule has 1 aromatic rings. The van der Waals surface area contributed by atoms with E-state index in [9.17, 15) is 14.7 Å². The molecular weight excluding hydrogens is 262 g/mol. The number of carbonyl (C=O) groups is 2. The molecule has 1 aromatic carbocycles. The standard InChI is InChI=1S/C14H19NO5/c1-13(2,3)20-14(11(16)17,15-12(18)19)9-10-7-5-4-6-8-10/h4-8,15H,9H2,1-3H3,(H,16,17)(H,18,19)/t14-/m1/s1. The fraction of sp³-hybridized carbons (Fsp3) is 0.429. The van der Waals surface area contributed by atoms with Gasteiger partial charge in [0.1, 0.15) is 0 Å². The van der Waals surface area contributed by atoms with Crippen LogP contribution in [0.1, 0.15) is 26.3 Å². The first kappa shape index (κ1) is 16.0. The zero-order chi connectivity index (χ0) is 15.4. The molecule has 1 atom stereocenters. The summed E-state index contributed by atoms with van der Waals surface area (Å²) in [7, 11) is 0. The normalized spacial score (nSPS) is 14.3. The third-order valence-electron chi connectivity index (χ3n) is 2.43. The van der Waals surface area contributed by atoms with Crippen LogP contribution < -0.4 is 5.32 Å². The van der Waals surface area contributed by atoms with Crippen LogP contribution in [-0.2, 0) is 16.0 Å². The predicted molar refractivity (Wildman–Crippen MR) is 72.5 cm³/mol. The van der Waals surface area contributed by atoms with Gasteiger partial charge in [0.05, 0.1) is 5.60 Å². The van der Waals surface area contributed by atoms with Gasteiger partial charge in [-0.25, -0.2) is 9.59 Å². The molecule has 0 heterocycles. The maximum atomic E-state index is 11.6. The lowest BCUT2D eigenvalue weighted by atomic mass is 10.0. The number of hydrogen-bond donors (Lipinski definition) is 3. The van der Waals surface area contributed by atoms with E-state index < -0.39 is 23.4 Å². The minimum absolute atomic E-state index is 0.104. The molecule has 0 aliphatic rings. The fourth-order valence-electron chi connectivity index (χ4n) is 1.86. The van der Waals surface area contributed by atoms with Gasteiger partial charge in [-0.05, 0) is 26.3 Å². The highest BCUT2D eigenvalue weighted by atomic mass is 16.6. The molecule has 0 aromatic heterocycles. The van der Waals surface area contributed by atoms with Crippen LogP contribution in [0.5, 0.6) is 0 Å². The van der Waals surface area contributed by atoms with E-state index in [2.05, 4.69) is 0 Å². The van der Waals surface area contributed by atoms with Crippen molar-refractivity contribution in [2.75, 3.05) is 0 Å². The summed E-state index contributed by atoms with van der Waals surface area (Å²) in [6, 6.07) is 8.72. The molecule has 1 rings (SSSR count). The summed E-state index contributed by atoms with van der Waals surface area (Å²) in [5.74, 6) is -1.38. The second-order valence-electron chi connectivity index (χ2n) is 5.44. The fourth-order valence-corrected chi connectivity index (χ4v) is 1.86. The largest absolute Gasteiger partial charge is 0.478 e. The highest BCUT2D eigenvalue weighted by Crippen LogP contribution is 2.23. The number of rotatable bonds is 5. The number of nitrogens with one attached hydrogen (secondary N) is 1. The van der Waals surface area contributed by atoms with Gasteiger partial charge >= 0.3 is 12.1 Å². The van der Waals surface area contributed by atoms with Gasteiger partial charge in [0, 0.05) is 6.42 Å². The molecule has 0 aliphatic carbocycles. The quantitative estimate of drug-likeness (QED) is 0.718. The highest BCUT2D eigenvalue weighted by molar-refractivity contribution is 5.82. The Kier molecular flexibility index (Phi) is 4.73. The van der Waals surface area contributed by atoms with Gasteiger partial charge in [0.2, 0.25) is 5.72 Å². The Morgan fingerprint density at radius 2 is 1.70 bits per heavy atom. The number of amides is 1. The van der Waals surface area contributed by atoms with Crippen LogP contribution in [0.4, 0.5) is 4.79 Å². The number of hydrogen-bond acceptors (Lipinski definition) is 3. The first-order valence-corrected chi connectivity index (χ1v) is 6.13. The highest BCUT2D eigenvalue weighted by Gasteiger charge is 2.45. The molecule has 0 fully saturated rings. The van der Waals surface area contributed by atoms with Crippen molar-refractivity contribution in [2.45, 2.75) is 38.5 Å². The second kappa shape index (κ2) is 5.92. The molecule has 0 unspecified atom stereocenters. The Morgan fingerprint density at radius 3 is 2.10 bits per heavy atom. The number of ether oxygens (including phenoxy) is 1. The number of carboxylic acid groups (broad SMARTS) is 2. The molecular formula is C14H19NO5. The van der Waals surface area contributed by atoms with E-state index in [0.29, 0.717) is 5.56 Å². The zero-order valence-electron chi connectivity index (χ0n) is 11.7. The molecule has 0 spiro atoms. The molecule has 0 bridgehead atoms. The lowest BCUT2D eigenvalue weighted by Gasteiger charge is -2.35. The molecule has 6 nitrogen and oxygen atoms in total. The summed E-state index contributed by atoms with van der Waals surface area (Å²) in [4.78, 5) is 22.5. The molecule has 3 N–H and O–H groups in total. The second-order valence-corrected chi connectivity index (χ2v) is 5.44. The van der Waals surface area contributed by atoms with Crippen LogP contribution >= 0.6 is 0 Å². The first-order chi connectivity index (χ1) is 9.15. The molecule has 110 valence electrons. The van der Waals surface area contributed by atoms with Crippen molar-refractivity contribution in [3.8, 4) is 0 Å². The van der Waals surface area contributed by atoms with Crippen molar-refractivity contribution in [3.63, 3.8) is 0 Å². The van der Waals surface area contributed by atoms with Gasteiger partial charge in [-0.2, -0.15) is 0 Å². The van der Waals surface area contributed by atoms with Gasteiger partial charge in [-0.15, -0.1) is 0 Å². The summed E-state index contributed by atoms with van der Waals surface area (Å²) >= 11 is 0. The van der Waals surface area contributed by atoms with Crippen LogP contribution in [-0.4, -0.2) is 33.6 Å². The predicted octanol–water partition coefficient (Wildman–Crippen LogP) is 2.09. The first-order valence-electron chi connectivity index (χ1n) is 6.13. The van der Waals surface area contributed by atoms with Crippen molar-refractivity contribution in [1.29, 1.82) is 0 Å². The topological polar surface area (TPSA) is 95.9 Å². The van der Waals surface area contributed by atoms with Gasteiger partial charge in [0.25, 0.3) is 0 Å². The number of carboxylic acids is 1. The van der Waals surface area contributed by atoms with Crippen LogP contribution in [0.2, 0.25) is 0 Å². The Labute approximate surface area is 117 Å². The van der Waals surface area contributed by atoms with Gasteiger partial charge in [-0.1, -0.05) is 30.3 Å². The van der Waals surface area contributed by atoms with Crippen LogP contribution in [0.15, 0.2) is 30.3 Å². The smallest absolute Gasteiger partial charge is 0.407 e. The van der Waals surface area contributed by atoms with Crippen molar-refractivity contribution in [3.05, 3.63) is 35.9 Å². The molecule has 6 heteroatoms. The molecule has 0 saturated carbocycles. The Bertz CT molecular complexity index is 480. The zero-order valence-corrected chi connectivity index (χ0v) is 11.7. The van der Waals surface area contributed by atoms with E-state index >= 15 is 0 Å². The number of benzene rings is 1. The maximum Gasteiger partial charge on any atom is 0.407 e. The average Bonchev–Trinajstić information content (AvgIpc) is 2.26. The van der Waals surface area contributed by atoms with E-state index in [-0.39, 0.29) is 6.42 Å². The van der Waals surface area contributed by atoms with E-state index in [1.165, 1.54) is 0 Å². The summed E-state index contributed by atoms with van der Waals surface area (Å²) in [5.41, 5.74) is -2.19. The van der Waals surface area contributed by atoms with Gasteiger partial charge in [-0.3, -0.25) is 5.32 Å². The van der Waals surface area contributed by atoms with Crippen LogP contribution in [0.25, 0.3) is 0 Å². The Morgan fingerprint density at radius 1 is 1.15 bits per heavy atom. The minimum Gasteiger partial charge on any atom is -0.478 e. The van der Waals surface area contributed by atoms with Crippen molar-refractivity contribution >= 4 is 12.1 Å². The Hall–Kier alpha value is -2.08. The molecule has 0 radical (unpaired) electrons. The summed E-state index contributed by atoms with van der Waals surface area (Å²) < 4.78 is 5.51. The van der Waals surface area contributed by atoms with Crippen molar-refractivity contribution < 1.29 is 24.5 Å². The SMILES string of the molecule is CC(C)(C)O[C@@](Cc1ccccc1)(NC(=O)O)C(=O)O. The summed E-state index contributed by atoms with van der Waals surface area (Å²) in [6.07, 6.45) is -1.56. The summed E-state index contributed by atoms with van der Waals surface area (Å²) in [6.45, 7) is 5.00. The molecule has 0 saturated heterocycles. The minimum atomic E-state index is -2.02. The van der Waals surface area contributed by atoms with E-state index in [4.69, 9.17) is 9.84 Å². The molecule has 0 aliphatic heterocycles. The van der Waals surface area contributed by atoms with E-state index in [0.717, 1.165) is 0 Å². The lowest BCUT2D eigenvalue weighted by Crippen LogP contribution is -2.60. The van der Waals surface area contributed by atoms with Crippen LogP contribution in [0.3, 0.4) is 0 Å². The monoisotopic (exact) mass is 281 g/mol.